The van der Waals surface area contributed by atoms with Crippen molar-refractivity contribution in [3.63, 3.8) is 0 Å². The van der Waals surface area contributed by atoms with Gasteiger partial charge in [0.1, 0.15) is 11.9 Å². The number of hydrogen-bond acceptors (Lipinski definition) is 5. The fourth-order valence-corrected chi connectivity index (χ4v) is 3.74. The van der Waals surface area contributed by atoms with Crippen LogP contribution in [0.1, 0.15) is 22.2 Å². The van der Waals surface area contributed by atoms with Crippen molar-refractivity contribution >= 4 is 34.0 Å². The molecule has 0 saturated heterocycles. The summed E-state index contributed by atoms with van der Waals surface area (Å²) >= 11 is 0. The van der Waals surface area contributed by atoms with Crippen LogP contribution in [0.5, 0.6) is 0 Å². The zero-order valence-electron chi connectivity index (χ0n) is 15.9. The molecule has 0 saturated carbocycles. The lowest BCUT2D eigenvalue weighted by Gasteiger charge is -2.26. The van der Waals surface area contributed by atoms with Crippen LogP contribution in [0.15, 0.2) is 53.7 Å². The van der Waals surface area contributed by atoms with Gasteiger partial charge >= 0.3 is 5.69 Å². The first kappa shape index (κ1) is 17.1. The average molecular weight is 389 g/mol. The van der Waals surface area contributed by atoms with E-state index in [2.05, 4.69) is 30.5 Å². The Morgan fingerprint density at radius 3 is 2.72 bits per heavy atom. The van der Waals surface area contributed by atoms with E-state index in [1.807, 2.05) is 48.1 Å². The molecule has 3 heterocycles. The van der Waals surface area contributed by atoms with Crippen LogP contribution < -0.4 is 21.2 Å². The number of H-pyrrole nitrogens is 2. The van der Waals surface area contributed by atoms with Gasteiger partial charge in [0.05, 0.1) is 28.7 Å². The Bertz CT molecular complexity index is 1300. The van der Waals surface area contributed by atoms with Crippen LogP contribution >= 0.6 is 0 Å². The molecule has 5 rings (SSSR count). The van der Waals surface area contributed by atoms with E-state index in [1.54, 1.807) is 19.4 Å². The Balaban J connectivity index is 1.66. The minimum Gasteiger partial charge on any atom is -0.358 e. The van der Waals surface area contributed by atoms with Crippen molar-refractivity contribution in [1.29, 1.82) is 0 Å². The molecule has 2 aromatic heterocycles. The summed E-state index contributed by atoms with van der Waals surface area (Å²) in [6.07, 6.45) is 3.45. The number of nitrogens with one attached hydrogen (secondary N) is 4. The number of aromatic nitrogens is 4. The number of anilines is 3. The summed E-state index contributed by atoms with van der Waals surface area (Å²) in [5, 5.41) is 6.13. The molecular formula is C20H19N7O2. The quantitative estimate of drug-likeness (QED) is 0.429. The van der Waals surface area contributed by atoms with Crippen LogP contribution in [0.25, 0.3) is 11.0 Å². The molecular weight excluding hydrogens is 370 g/mol. The van der Waals surface area contributed by atoms with Crippen molar-refractivity contribution in [2.45, 2.75) is 6.17 Å². The minimum atomic E-state index is -0.255. The van der Waals surface area contributed by atoms with E-state index < -0.39 is 0 Å². The van der Waals surface area contributed by atoms with Crippen LogP contribution in [0.4, 0.5) is 17.1 Å². The van der Waals surface area contributed by atoms with Gasteiger partial charge in [-0.25, -0.2) is 9.78 Å². The number of hydrogen-bond donors (Lipinski definition) is 4. The van der Waals surface area contributed by atoms with Crippen LogP contribution in [-0.4, -0.2) is 32.5 Å². The third-order valence-electron chi connectivity index (χ3n) is 5.08. The van der Waals surface area contributed by atoms with E-state index in [0.717, 1.165) is 33.8 Å². The second kappa shape index (κ2) is 6.26. The van der Waals surface area contributed by atoms with Gasteiger partial charge in [-0.1, -0.05) is 0 Å². The number of amides is 1. The highest BCUT2D eigenvalue weighted by atomic mass is 16.1. The third-order valence-corrected chi connectivity index (χ3v) is 5.08. The van der Waals surface area contributed by atoms with Crippen molar-refractivity contribution < 1.29 is 4.79 Å². The van der Waals surface area contributed by atoms with Crippen molar-refractivity contribution in [3.05, 3.63) is 70.7 Å². The summed E-state index contributed by atoms with van der Waals surface area (Å²) in [5.74, 6) is -0.145. The molecule has 9 nitrogen and oxygen atoms in total. The van der Waals surface area contributed by atoms with Crippen molar-refractivity contribution in [2.75, 3.05) is 17.3 Å². The molecule has 4 N–H and O–H groups in total. The summed E-state index contributed by atoms with van der Waals surface area (Å²) in [6, 6.07) is 11.3. The SMILES string of the molecule is CNC(=O)c1ccc2c(c1)NC(c1cn(C)cn1)N2c1ccc2[nH]c(=O)[nH]c2c1. The highest BCUT2D eigenvalue weighted by Gasteiger charge is 2.33. The lowest BCUT2D eigenvalue weighted by molar-refractivity contribution is 0.0963. The Hall–Kier alpha value is -4.01. The van der Waals surface area contributed by atoms with Gasteiger partial charge in [0.25, 0.3) is 5.91 Å². The molecule has 0 radical (unpaired) electrons. The highest BCUT2D eigenvalue weighted by molar-refractivity contribution is 5.97. The minimum absolute atomic E-state index is 0.145. The number of imidazole rings is 2. The molecule has 9 heteroatoms. The molecule has 1 aliphatic rings. The van der Waals surface area contributed by atoms with Gasteiger partial charge < -0.3 is 30.1 Å². The average Bonchev–Trinajstić information content (AvgIpc) is 3.41. The lowest BCUT2D eigenvalue weighted by Crippen LogP contribution is -2.23. The summed E-state index contributed by atoms with van der Waals surface area (Å²) in [7, 11) is 3.53. The van der Waals surface area contributed by atoms with Gasteiger partial charge in [-0.3, -0.25) is 4.79 Å². The maximum absolute atomic E-state index is 12.1. The zero-order valence-corrected chi connectivity index (χ0v) is 15.9. The Kier molecular flexibility index (Phi) is 3.70. The van der Waals surface area contributed by atoms with Gasteiger partial charge in [-0.2, -0.15) is 0 Å². The number of carbonyl (C=O) groups excluding carboxylic acids is 1. The smallest absolute Gasteiger partial charge is 0.323 e. The zero-order chi connectivity index (χ0) is 20.1. The Labute approximate surface area is 165 Å². The number of nitrogens with zero attached hydrogens (tertiary/aromatic N) is 3. The molecule has 0 bridgehead atoms. The fourth-order valence-electron chi connectivity index (χ4n) is 3.74. The lowest BCUT2D eigenvalue weighted by atomic mass is 10.1. The van der Waals surface area contributed by atoms with E-state index in [1.165, 1.54) is 0 Å². The molecule has 1 unspecified atom stereocenters. The molecule has 0 fully saturated rings. The van der Waals surface area contributed by atoms with Crippen molar-refractivity contribution in [3.8, 4) is 0 Å². The predicted molar refractivity (Wildman–Crippen MR) is 110 cm³/mol. The molecule has 0 aliphatic carbocycles. The van der Waals surface area contributed by atoms with Crippen LogP contribution in [0.3, 0.4) is 0 Å². The first-order valence-electron chi connectivity index (χ1n) is 9.15. The first-order valence-corrected chi connectivity index (χ1v) is 9.15. The standard InChI is InChI=1S/C20H19N7O2/c1-21-19(28)11-3-6-17-15(7-11)23-18(16-9-26(2)10-22-16)27(17)12-4-5-13-14(8-12)25-20(29)24-13/h3-10,18,23H,1-2H3,(H,21,28)(H2,24,25,29). The Morgan fingerprint density at radius 2 is 1.97 bits per heavy atom. The second-order valence-corrected chi connectivity index (χ2v) is 7.00. The monoisotopic (exact) mass is 389 g/mol. The summed E-state index contributed by atoms with van der Waals surface area (Å²) in [5.41, 5.74) is 5.29. The van der Waals surface area contributed by atoms with Crippen LogP contribution in [0, 0.1) is 0 Å². The molecule has 1 amide bonds. The number of rotatable bonds is 3. The van der Waals surface area contributed by atoms with Gasteiger partial charge in [0.15, 0.2) is 0 Å². The predicted octanol–water partition coefficient (Wildman–Crippen LogP) is 2.21. The Morgan fingerprint density at radius 1 is 1.14 bits per heavy atom. The van der Waals surface area contributed by atoms with Crippen molar-refractivity contribution in [1.82, 2.24) is 24.8 Å². The third kappa shape index (κ3) is 2.75. The summed E-state index contributed by atoms with van der Waals surface area (Å²) in [4.78, 5) is 35.9. The van der Waals surface area contributed by atoms with E-state index in [9.17, 15) is 9.59 Å². The molecule has 4 aromatic rings. The maximum Gasteiger partial charge on any atom is 0.323 e. The fraction of sp³-hybridized carbons (Fsp3) is 0.150. The number of aromatic amines is 2. The topological polar surface area (TPSA) is 111 Å². The van der Waals surface area contributed by atoms with Crippen LogP contribution in [0.2, 0.25) is 0 Å². The number of benzene rings is 2. The van der Waals surface area contributed by atoms with E-state index >= 15 is 0 Å². The highest BCUT2D eigenvalue weighted by Crippen LogP contribution is 2.46. The first-order chi connectivity index (χ1) is 14.0. The number of carbonyl (C=O) groups is 1. The van der Waals surface area contributed by atoms with Gasteiger partial charge in [-0.15, -0.1) is 0 Å². The molecule has 146 valence electrons. The molecule has 0 spiro atoms. The van der Waals surface area contributed by atoms with E-state index in [0.29, 0.717) is 5.56 Å². The van der Waals surface area contributed by atoms with Gasteiger partial charge in [0.2, 0.25) is 0 Å². The number of fused-ring (bicyclic) bond motifs is 2. The summed E-state index contributed by atoms with van der Waals surface area (Å²) < 4.78 is 1.89. The number of aryl methyl sites for hydroxylation is 1. The van der Waals surface area contributed by atoms with E-state index in [-0.39, 0.29) is 17.8 Å². The largest absolute Gasteiger partial charge is 0.358 e. The second-order valence-electron chi connectivity index (χ2n) is 7.00. The molecule has 1 atom stereocenters. The van der Waals surface area contributed by atoms with Crippen LogP contribution in [-0.2, 0) is 7.05 Å². The van der Waals surface area contributed by atoms with Gasteiger partial charge in [-0.05, 0) is 36.4 Å². The molecule has 2 aromatic carbocycles. The molecule has 29 heavy (non-hydrogen) atoms. The van der Waals surface area contributed by atoms with E-state index in [4.69, 9.17) is 0 Å². The van der Waals surface area contributed by atoms with Gasteiger partial charge in [0, 0.05) is 31.5 Å². The van der Waals surface area contributed by atoms with Crippen molar-refractivity contribution in [2.24, 2.45) is 7.05 Å². The maximum atomic E-state index is 12.1. The normalized spacial score (nSPS) is 15.4. The molecule has 1 aliphatic heterocycles. The summed E-state index contributed by atoms with van der Waals surface area (Å²) in [6.45, 7) is 0.